The quantitative estimate of drug-likeness (QED) is 0.444. The summed E-state index contributed by atoms with van der Waals surface area (Å²) in [4.78, 5) is 12.6. The van der Waals surface area contributed by atoms with Gasteiger partial charge in [0, 0.05) is 5.69 Å². The maximum Gasteiger partial charge on any atom is 0.232 e. The molecule has 2 aromatic carbocycles. The van der Waals surface area contributed by atoms with Crippen molar-refractivity contribution in [2.75, 3.05) is 11.1 Å². The second-order valence-electron chi connectivity index (χ2n) is 5.96. The predicted molar refractivity (Wildman–Crippen MR) is 107 cm³/mol. The second-order valence-corrected chi connectivity index (χ2v) is 6.90. The van der Waals surface area contributed by atoms with E-state index in [0.717, 1.165) is 5.56 Å². The van der Waals surface area contributed by atoms with E-state index in [-0.39, 0.29) is 17.7 Å². The molecule has 4 rings (SSSR count). The van der Waals surface area contributed by atoms with E-state index in [1.54, 1.807) is 16.8 Å². The van der Waals surface area contributed by atoms with Gasteiger partial charge in [-0.05, 0) is 40.3 Å². The van der Waals surface area contributed by atoms with E-state index in [1.807, 2.05) is 30.3 Å². The van der Waals surface area contributed by atoms with Crippen molar-refractivity contribution in [3.8, 4) is 0 Å². The Morgan fingerprint density at radius 3 is 2.59 bits per heavy atom. The first kappa shape index (κ1) is 18.7. The Balaban J connectivity index is 1.44. The number of hydrogen-bond donors (Lipinski definition) is 2. The lowest BCUT2D eigenvalue weighted by atomic mass is 10.2. The fourth-order valence-electron chi connectivity index (χ4n) is 2.51. The summed E-state index contributed by atoms with van der Waals surface area (Å²) in [5, 5.41) is 15.5. The van der Waals surface area contributed by atoms with Gasteiger partial charge in [0.15, 0.2) is 0 Å². The van der Waals surface area contributed by atoms with Crippen LogP contribution < -0.4 is 11.1 Å². The number of benzene rings is 2. The molecule has 0 fully saturated rings. The largest absolute Gasteiger partial charge is 0.368 e. The third-order valence-electron chi connectivity index (χ3n) is 3.80. The number of rotatable bonds is 7. The number of nitrogens with zero attached hydrogens (tertiary/aromatic N) is 7. The Morgan fingerprint density at radius 2 is 1.79 bits per heavy atom. The Morgan fingerprint density at radius 1 is 1.00 bits per heavy atom. The summed E-state index contributed by atoms with van der Waals surface area (Å²) in [6.45, 7) is 0.562. The van der Waals surface area contributed by atoms with Crippen molar-refractivity contribution in [3.05, 3.63) is 71.8 Å². The molecule has 0 aliphatic carbocycles. The summed E-state index contributed by atoms with van der Waals surface area (Å²) in [5.41, 5.74) is 7.54. The van der Waals surface area contributed by atoms with E-state index in [1.165, 1.54) is 23.9 Å². The van der Waals surface area contributed by atoms with E-state index in [2.05, 4.69) is 35.8 Å². The zero-order chi connectivity index (χ0) is 20.1. The van der Waals surface area contributed by atoms with Gasteiger partial charge in [0.25, 0.3) is 0 Å². The van der Waals surface area contributed by atoms with Gasteiger partial charge in [0.2, 0.25) is 17.1 Å². The molecular formula is C18H16FN9S. The average Bonchev–Trinajstić information content (AvgIpc) is 3.15. The van der Waals surface area contributed by atoms with E-state index < -0.39 is 0 Å². The Bertz CT molecular complexity index is 1090. The van der Waals surface area contributed by atoms with Crippen LogP contribution in [0.5, 0.6) is 0 Å². The highest BCUT2D eigenvalue weighted by Gasteiger charge is 2.11. The summed E-state index contributed by atoms with van der Waals surface area (Å²) in [7, 11) is 0. The second kappa shape index (κ2) is 8.61. The van der Waals surface area contributed by atoms with Crippen molar-refractivity contribution >= 4 is 29.3 Å². The maximum absolute atomic E-state index is 13.0. The van der Waals surface area contributed by atoms with Gasteiger partial charge >= 0.3 is 0 Å². The fourth-order valence-corrected chi connectivity index (χ4v) is 3.24. The summed E-state index contributed by atoms with van der Waals surface area (Å²) in [6, 6.07) is 15.8. The molecule has 3 N–H and O–H groups in total. The molecule has 0 saturated heterocycles. The number of nitrogens with two attached hydrogens (primary N) is 1. The molecule has 0 radical (unpaired) electrons. The number of aromatic nitrogens is 7. The van der Waals surface area contributed by atoms with E-state index in [4.69, 9.17) is 5.73 Å². The average molecular weight is 409 g/mol. The first-order valence-electron chi connectivity index (χ1n) is 8.61. The summed E-state index contributed by atoms with van der Waals surface area (Å²) in [5.74, 6) is 0.921. The minimum absolute atomic E-state index is 0.0871. The molecule has 2 aromatic heterocycles. The molecule has 0 unspecified atom stereocenters. The number of nitrogens with one attached hydrogen (secondary N) is 1. The van der Waals surface area contributed by atoms with Crippen LogP contribution >= 0.6 is 11.8 Å². The summed E-state index contributed by atoms with van der Waals surface area (Å²) in [6.07, 6.45) is 0. The molecule has 0 aliphatic rings. The van der Waals surface area contributed by atoms with Gasteiger partial charge in [-0.3, -0.25) is 0 Å². The molecule has 0 bridgehead atoms. The van der Waals surface area contributed by atoms with Gasteiger partial charge in [-0.2, -0.15) is 15.0 Å². The lowest BCUT2D eigenvalue weighted by Crippen LogP contribution is -2.07. The third kappa shape index (κ3) is 5.02. The normalized spacial score (nSPS) is 10.8. The van der Waals surface area contributed by atoms with Crippen molar-refractivity contribution in [3.63, 3.8) is 0 Å². The number of nitrogen functional groups attached to an aromatic ring is 1. The van der Waals surface area contributed by atoms with Crippen LogP contribution in [0.4, 0.5) is 22.0 Å². The maximum atomic E-state index is 13.0. The topological polar surface area (TPSA) is 120 Å². The van der Waals surface area contributed by atoms with Crippen LogP contribution in [0.3, 0.4) is 0 Å². The lowest BCUT2D eigenvalue weighted by Gasteiger charge is -2.07. The number of thioether (sulfide) groups is 1. The van der Waals surface area contributed by atoms with Gasteiger partial charge < -0.3 is 11.1 Å². The molecule has 11 heteroatoms. The Kier molecular flexibility index (Phi) is 5.56. The molecule has 0 spiro atoms. The minimum atomic E-state index is -0.323. The van der Waals surface area contributed by atoms with Crippen molar-refractivity contribution < 1.29 is 4.39 Å². The zero-order valence-corrected chi connectivity index (χ0v) is 15.9. The van der Waals surface area contributed by atoms with Crippen molar-refractivity contribution in [1.82, 2.24) is 35.2 Å². The molecule has 2 heterocycles. The first-order chi connectivity index (χ1) is 14.2. The first-order valence-corrected chi connectivity index (χ1v) is 9.60. The van der Waals surface area contributed by atoms with Crippen molar-refractivity contribution in [2.24, 2.45) is 0 Å². The van der Waals surface area contributed by atoms with Gasteiger partial charge in [-0.25, -0.2) is 9.07 Å². The summed E-state index contributed by atoms with van der Waals surface area (Å²) < 4.78 is 14.8. The van der Waals surface area contributed by atoms with Crippen molar-refractivity contribution in [1.29, 1.82) is 0 Å². The van der Waals surface area contributed by atoms with Gasteiger partial charge in [0.05, 0.1) is 12.3 Å². The molecule has 0 atom stereocenters. The van der Waals surface area contributed by atoms with Crippen LogP contribution in [0.1, 0.15) is 11.4 Å². The highest BCUT2D eigenvalue weighted by atomic mass is 32.2. The molecule has 0 aliphatic heterocycles. The molecule has 4 aromatic rings. The van der Waals surface area contributed by atoms with Gasteiger partial charge in [-0.1, -0.05) is 42.1 Å². The number of hydrogen-bond acceptors (Lipinski definition) is 9. The van der Waals surface area contributed by atoms with E-state index in [0.29, 0.717) is 29.0 Å². The Hall–Kier alpha value is -3.60. The van der Waals surface area contributed by atoms with Crippen LogP contribution in [0.2, 0.25) is 0 Å². The van der Waals surface area contributed by atoms with Crippen LogP contribution in [-0.2, 0) is 12.3 Å². The summed E-state index contributed by atoms with van der Waals surface area (Å²) >= 11 is 1.39. The molecule has 29 heavy (non-hydrogen) atoms. The number of anilines is 3. The minimum Gasteiger partial charge on any atom is -0.368 e. The highest BCUT2D eigenvalue weighted by molar-refractivity contribution is 7.98. The van der Waals surface area contributed by atoms with E-state index >= 15 is 0 Å². The zero-order valence-electron chi connectivity index (χ0n) is 15.1. The van der Waals surface area contributed by atoms with Crippen LogP contribution in [-0.4, -0.2) is 35.2 Å². The Labute approximate surface area is 169 Å². The van der Waals surface area contributed by atoms with Gasteiger partial charge in [-0.15, -0.1) is 5.10 Å². The SMILES string of the molecule is Nc1nc(CSc2nnnn2Cc2ccccc2)nc(Nc2ccc(F)cc2)n1. The van der Waals surface area contributed by atoms with Crippen LogP contribution in [0, 0.1) is 5.82 Å². The highest BCUT2D eigenvalue weighted by Crippen LogP contribution is 2.21. The lowest BCUT2D eigenvalue weighted by molar-refractivity contribution is 0.602. The molecule has 0 amide bonds. The fraction of sp³-hybridized carbons (Fsp3) is 0.111. The van der Waals surface area contributed by atoms with E-state index in [9.17, 15) is 4.39 Å². The van der Waals surface area contributed by atoms with Crippen molar-refractivity contribution in [2.45, 2.75) is 17.5 Å². The van der Waals surface area contributed by atoms with Crippen LogP contribution in [0.15, 0.2) is 59.8 Å². The molecule has 146 valence electrons. The van der Waals surface area contributed by atoms with Crippen LogP contribution in [0.25, 0.3) is 0 Å². The third-order valence-corrected chi connectivity index (χ3v) is 4.76. The monoisotopic (exact) mass is 409 g/mol. The van der Waals surface area contributed by atoms with Gasteiger partial charge in [0.1, 0.15) is 11.6 Å². The number of halogens is 1. The number of tetrazole rings is 1. The predicted octanol–water partition coefficient (Wildman–Crippen LogP) is 2.66. The molecular weight excluding hydrogens is 393 g/mol. The molecule has 0 saturated carbocycles. The molecule has 9 nitrogen and oxygen atoms in total. The smallest absolute Gasteiger partial charge is 0.232 e. The standard InChI is InChI=1S/C18H16FN9S/c19-13-6-8-14(9-7-13)21-17-23-15(22-16(20)24-17)11-29-18-25-26-27-28(18)10-12-4-2-1-3-5-12/h1-9H,10-11H2,(H3,20,21,22,23,24).